The van der Waals surface area contributed by atoms with Crippen molar-refractivity contribution in [3.05, 3.63) is 64.2 Å². The molecule has 1 atom stereocenters. The molecule has 0 spiro atoms. The largest absolute Gasteiger partial charge is 0.478 e. The highest BCUT2D eigenvalue weighted by atomic mass is 16.4. The van der Waals surface area contributed by atoms with Gasteiger partial charge in [0.1, 0.15) is 0 Å². The third-order valence-electron chi connectivity index (χ3n) is 3.97. The van der Waals surface area contributed by atoms with E-state index in [9.17, 15) is 9.90 Å². The van der Waals surface area contributed by atoms with E-state index in [1.54, 1.807) is 12.1 Å². The summed E-state index contributed by atoms with van der Waals surface area (Å²) in [7, 11) is 0. The first-order valence-corrected chi connectivity index (χ1v) is 7.06. The van der Waals surface area contributed by atoms with Crippen LogP contribution in [0.3, 0.4) is 0 Å². The van der Waals surface area contributed by atoms with Crippen molar-refractivity contribution in [2.45, 2.75) is 33.7 Å². The van der Waals surface area contributed by atoms with Gasteiger partial charge in [0.2, 0.25) is 0 Å². The molecule has 0 aromatic heterocycles. The maximum Gasteiger partial charge on any atom is 0.336 e. The molecule has 2 aromatic carbocycles. The van der Waals surface area contributed by atoms with E-state index in [-0.39, 0.29) is 6.04 Å². The first-order chi connectivity index (χ1) is 9.90. The predicted octanol–water partition coefficient (Wildman–Crippen LogP) is 4.48. The Bertz CT molecular complexity index is 677. The lowest BCUT2D eigenvalue weighted by Crippen LogP contribution is -2.10. The Morgan fingerprint density at radius 3 is 2.43 bits per heavy atom. The van der Waals surface area contributed by atoms with Crippen LogP contribution in [0.25, 0.3) is 0 Å². The van der Waals surface area contributed by atoms with Crippen molar-refractivity contribution in [1.29, 1.82) is 0 Å². The molecule has 2 aromatic rings. The number of anilines is 1. The fraction of sp³-hybridized carbons (Fsp3) is 0.278. The number of benzene rings is 2. The van der Waals surface area contributed by atoms with Crippen molar-refractivity contribution in [2.75, 3.05) is 5.32 Å². The van der Waals surface area contributed by atoms with E-state index in [4.69, 9.17) is 0 Å². The van der Waals surface area contributed by atoms with E-state index in [0.717, 1.165) is 11.3 Å². The fourth-order valence-electron chi connectivity index (χ4n) is 2.37. The summed E-state index contributed by atoms with van der Waals surface area (Å²) in [4.78, 5) is 11.2. The van der Waals surface area contributed by atoms with Gasteiger partial charge in [-0.3, -0.25) is 0 Å². The molecule has 110 valence electrons. The molecule has 2 rings (SSSR count). The van der Waals surface area contributed by atoms with Gasteiger partial charge < -0.3 is 10.4 Å². The number of carboxylic acid groups (broad SMARTS) is 1. The third kappa shape index (κ3) is 3.24. The molecule has 0 saturated carbocycles. The van der Waals surface area contributed by atoms with Crippen LogP contribution < -0.4 is 5.32 Å². The lowest BCUT2D eigenvalue weighted by Gasteiger charge is -2.19. The molecule has 2 N–H and O–H groups in total. The van der Waals surface area contributed by atoms with Gasteiger partial charge in [0, 0.05) is 11.7 Å². The summed E-state index contributed by atoms with van der Waals surface area (Å²) in [6.45, 7) is 8.11. The van der Waals surface area contributed by atoms with E-state index in [1.807, 2.05) is 13.0 Å². The second-order valence-corrected chi connectivity index (χ2v) is 5.49. The van der Waals surface area contributed by atoms with Gasteiger partial charge in [0.05, 0.1) is 5.56 Å². The molecule has 0 saturated heterocycles. The van der Waals surface area contributed by atoms with Gasteiger partial charge in [-0.1, -0.05) is 24.3 Å². The van der Waals surface area contributed by atoms with E-state index >= 15 is 0 Å². The van der Waals surface area contributed by atoms with Crippen molar-refractivity contribution >= 4 is 11.7 Å². The highest BCUT2D eigenvalue weighted by molar-refractivity contribution is 5.91. The molecule has 1 unspecified atom stereocenters. The van der Waals surface area contributed by atoms with E-state index in [0.29, 0.717) is 5.56 Å². The molecule has 0 radical (unpaired) electrons. The monoisotopic (exact) mass is 283 g/mol. The maximum absolute atomic E-state index is 11.2. The van der Waals surface area contributed by atoms with Gasteiger partial charge in [-0.05, 0) is 62.1 Å². The number of aryl methyl sites for hydroxylation is 2. The quantitative estimate of drug-likeness (QED) is 0.869. The first-order valence-electron chi connectivity index (χ1n) is 7.06. The first kappa shape index (κ1) is 15.1. The Balaban J connectivity index is 2.27. The molecule has 21 heavy (non-hydrogen) atoms. The number of nitrogens with one attached hydrogen (secondary N) is 1. The lowest BCUT2D eigenvalue weighted by molar-refractivity contribution is 0.0696. The maximum atomic E-state index is 11.2. The molecular formula is C18H21NO2. The predicted molar refractivity (Wildman–Crippen MR) is 86.1 cm³/mol. The number of hydrogen-bond donors (Lipinski definition) is 2. The molecule has 0 aliphatic rings. The number of rotatable bonds is 4. The Labute approximate surface area is 125 Å². The van der Waals surface area contributed by atoms with Crippen molar-refractivity contribution in [1.82, 2.24) is 0 Å². The van der Waals surface area contributed by atoms with Gasteiger partial charge >= 0.3 is 5.97 Å². The molecule has 3 heteroatoms. The van der Waals surface area contributed by atoms with Gasteiger partial charge in [-0.2, -0.15) is 0 Å². The van der Waals surface area contributed by atoms with Crippen LogP contribution in [-0.4, -0.2) is 11.1 Å². The van der Waals surface area contributed by atoms with Gasteiger partial charge in [-0.15, -0.1) is 0 Å². The lowest BCUT2D eigenvalue weighted by atomic mass is 10.0. The zero-order valence-corrected chi connectivity index (χ0v) is 12.9. The van der Waals surface area contributed by atoms with Crippen LogP contribution >= 0.6 is 0 Å². The smallest absolute Gasteiger partial charge is 0.336 e. The Hall–Kier alpha value is -2.29. The molecule has 3 nitrogen and oxygen atoms in total. The summed E-state index contributed by atoms with van der Waals surface area (Å²) in [5.41, 5.74) is 5.69. The van der Waals surface area contributed by atoms with Gasteiger partial charge in [0.15, 0.2) is 0 Å². The number of hydrogen-bond acceptors (Lipinski definition) is 2. The van der Waals surface area contributed by atoms with E-state index in [2.05, 4.69) is 44.3 Å². The summed E-state index contributed by atoms with van der Waals surface area (Å²) in [5.74, 6) is -0.894. The minimum atomic E-state index is -0.894. The molecule has 0 fully saturated rings. The van der Waals surface area contributed by atoms with Crippen molar-refractivity contribution in [3.8, 4) is 0 Å². The van der Waals surface area contributed by atoms with E-state index in [1.165, 1.54) is 16.7 Å². The summed E-state index contributed by atoms with van der Waals surface area (Å²) in [5, 5.41) is 12.6. The molecule has 0 heterocycles. The normalized spacial score (nSPS) is 12.0. The van der Waals surface area contributed by atoms with Crippen LogP contribution in [0.2, 0.25) is 0 Å². The Morgan fingerprint density at radius 1 is 1.10 bits per heavy atom. The van der Waals surface area contributed by atoms with Crippen molar-refractivity contribution in [2.24, 2.45) is 0 Å². The third-order valence-corrected chi connectivity index (χ3v) is 3.97. The highest BCUT2D eigenvalue weighted by Gasteiger charge is 2.12. The molecular weight excluding hydrogens is 262 g/mol. The highest BCUT2D eigenvalue weighted by Crippen LogP contribution is 2.25. The van der Waals surface area contributed by atoms with Gasteiger partial charge in [-0.25, -0.2) is 4.79 Å². The summed E-state index contributed by atoms with van der Waals surface area (Å²) in [6.07, 6.45) is 0. The summed E-state index contributed by atoms with van der Waals surface area (Å²) < 4.78 is 0. The van der Waals surface area contributed by atoms with Crippen LogP contribution in [0.5, 0.6) is 0 Å². The van der Waals surface area contributed by atoms with Crippen LogP contribution in [0.15, 0.2) is 36.4 Å². The van der Waals surface area contributed by atoms with Crippen molar-refractivity contribution < 1.29 is 9.90 Å². The zero-order valence-electron chi connectivity index (χ0n) is 12.9. The Kier molecular flexibility index (Phi) is 4.32. The Morgan fingerprint density at radius 2 is 1.81 bits per heavy atom. The summed E-state index contributed by atoms with van der Waals surface area (Å²) in [6, 6.07) is 11.8. The fourth-order valence-corrected chi connectivity index (χ4v) is 2.37. The molecule has 0 amide bonds. The minimum absolute atomic E-state index is 0.118. The standard InChI is InChI=1S/C18H21NO2/c1-11-8-9-15(10-12(11)2)14(4)19-17-7-5-6-16(13(17)3)18(20)21/h5-10,14,19H,1-4H3,(H,20,21). The number of aromatic carboxylic acids is 1. The number of carboxylic acids is 1. The summed E-state index contributed by atoms with van der Waals surface area (Å²) >= 11 is 0. The van der Waals surface area contributed by atoms with Crippen LogP contribution in [0.4, 0.5) is 5.69 Å². The number of carbonyl (C=O) groups is 1. The molecule has 0 bridgehead atoms. The van der Waals surface area contributed by atoms with Gasteiger partial charge in [0.25, 0.3) is 0 Å². The average Bonchev–Trinajstić information content (AvgIpc) is 2.43. The zero-order chi connectivity index (χ0) is 15.6. The minimum Gasteiger partial charge on any atom is -0.478 e. The van der Waals surface area contributed by atoms with Crippen LogP contribution in [0.1, 0.15) is 45.6 Å². The second-order valence-electron chi connectivity index (χ2n) is 5.49. The second kappa shape index (κ2) is 6.00. The van der Waals surface area contributed by atoms with Crippen LogP contribution in [0, 0.1) is 20.8 Å². The van der Waals surface area contributed by atoms with E-state index < -0.39 is 5.97 Å². The molecule has 0 aliphatic heterocycles. The SMILES string of the molecule is Cc1ccc(C(C)Nc2cccc(C(=O)O)c2C)cc1C. The van der Waals surface area contributed by atoms with Crippen LogP contribution in [-0.2, 0) is 0 Å². The average molecular weight is 283 g/mol. The molecule has 0 aliphatic carbocycles. The topological polar surface area (TPSA) is 49.3 Å². The van der Waals surface area contributed by atoms with Crippen molar-refractivity contribution in [3.63, 3.8) is 0 Å².